The van der Waals surface area contributed by atoms with Crippen LogP contribution in [0.5, 0.6) is 0 Å². The van der Waals surface area contributed by atoms with Crippen LogP contribution in [0.4, 0.5) is 0 Å². The fourth-order valence-electron chi connectivity index (χ4n) is 2.71. The second kappa shape index (κ2) is 5.34. The second-order valence-corrected chi connectivity index (χ2v) is 5.55. The van der Waals surface area contributed by atoms with Crippen molar-refractivity contribution in [3.8, 4) is 0 Å². The van der Waals surface area contributed by atoms with Gasteiger partial charge < -0.3 is 4.57 Å². The van der Waals surface area contributed by atoms with Gasteiger partial charge in [0.2, 0.25) is 0 Å². The summed E-state index contributed by atoms with van der Waals surface area (Å²) >= 11 is 6.51. The largest absolute Gasteiger partial charge is 0.335 e. The number of nitrogens with zero attached hydrogens (tertiary/aromatic N) is 1. The maximum atomic E-state index is 6.51. The Kier molecular flexibility index (Phi) is 3.54. The number of rotatable bonds is 3. The van der Waals surface area contributed by atoms with E-state index < -0.39 is 0 Å². The van der Waals surface area contributed by atoms with Gasteiger partial charge in [-0.05, 0) is 23.6 Å². The van der Waals surface area contributed by atoms with Crippen LogP contribution in [0.3, 0.4) is 0 Å². The summed E-state index contributed by atoms with van der Waals surface area (Å²) in [5.74, 6) is 0. The van der Waals surface area contributed by atoms with Gasteiger partial charge in [0.25, 0.3) is 0 Å². The first-order valence-corrected chi connectivity index (χ1v) is 7.38. The highest BCUT2D eigenvalue weighted by Gasteiger charge is 2.13. The molecule has 0 bridgehead atoms. The van der Waals surface area contributed by atoms with Crippen molar-refractivity contribution < 1.29 is 0 Å². The van der Waals surface area contributed by atoms with Crippen molar-refractivity contribution in [1.29, 1.82) is 0 Å². The first-order valence-electron chi connectivity index (χ1n) is 7.00. The van der Waals surface area contributed by atoms with Crippen LogP contribution in [0.25, 0.3) is 10.9 Å². The molecule has 1 heterocycles. The lowest BCUT2D eigenvalue weighted by Gasteiger charge is -2.03. The molecule has 0 aliphatic rings. The van der Waals surface area contributed by atoms with Crippen LogP contribution < -0.4 is 0 Å². The van der Waals surface area contributed by atoms with E-state index in [1.165, 1.54) is 27.6 Å². The minimum atomic E-state index is 0.839. The fourth-order valence-corrected chi connectivity index (χ4v) is 2.97. The molecule has 0 saturated carbocycles. The van der Waals surface area contributed by atoms with Crippen LogP contribution in [0.1, 0.15) is 23.6 Å². The van der Waals surface area contributed by atoms with Gasteiger partial charge in [0, 0.05) is 29.9 Å². The molecule has 0 fully saturated rings. The average molecular weight is 284 g/mol. The Morgan fingerprint density at radius 2 is 1.60 bits per heavy atom. The predicted octanol–water partition coefficient (Wildman–Crippen LogP) is 4.98. The number of hydrogen-bond donors (Lipinski definition) is 0. The van der Waals surface area contributed by atoms with Gasteiger partial charge in [-0.3, -0.25) is 0 Å². The Morgan fingerprint density at radius 1 is 0.950 bits per heavy atom. The molecule has 3 rings (SSSR count). The summed E-state index contributed by atoms with van der Waals surface area (Å²) in [5.41, 5.74) is 5.09. The molecule has 2 aromatic carbocycles. The summed E-state index contributed by atoms with van der Waals surface area (Å²) in [6.07, 6.45) is 1.96. The van der Waals surface area contributed by atoms with Crippen molar-refractivity contribution in [2.24, 2.45) is 7.05 Å². The van der Waals surface area contributed by atoms with Gasteiger partial charge in [-0.1, -0.05) is 61.0 Å². The minimum Gasteiger partial charge on any atom is -0.335 e. The van der Waals surface area contributed by atoms with E-state index in [0.29, 0.717) is 0 Å². The van der Waals surface area contributed by atoms with Gasteiger partial charge in [-0.25, -0.2) is 0 Å². The summed E-state index contributed by atoms with van der Waals surface area (Å²) in [6.45, 7) is 2.18. The van der Waals surface area contributed by atoms with Crippen LogP contribution in [0, 0.1) is 0 Å². The normalized spacial score (nSPS) is 11.2. The molecule has 0 radical (unpaired) electrons. The number of aryl methyl sites for hydroxylation is 2. The first-order chi connectivity index (χ1) is 9.70. The van der Waals surface area contributed by atoms with Gasteiger partial charge in [0.15, 0.2) is 0 Å². The minimum absolute atomic E-state index is 0.839. The Morgan fingerprint density at radius 3 is 2.30 bits per heavy atom. The molecule has 20 heavy (non-hydrogen) atoms. The van der Waals surface area contributed by atoms with Crippen LogP contribution >= 0.6 is 11.6 Å². The van der Waals surface area contributed by atoms with E-state index in [1.807, 2.05) is 7.05 Å². The molecule has 3 aromatic rings. The standard InChI is InChI=1S/C18H18ClN/c1-3-13-8-10-14(11-9-13)12-16-15-6-4-5-7-17(15)20(2)18(16)19/h4-11H,3,12H2,1-2H3. The molecule has 0 saturated heterocycles. The molecule has 1 nitrogen and oxygen atoms in total. The number of fused-ring (bicyclic) bond motifs is 1. The summed E-state index contributed by atoms with van der Waals surface area (Å²) in [4.78, 5) is 0. The lowest BCUT2D eigenvalue weighted by Crippen LogP contribution is -1.91. The van der Waals surface area contributed by atoms with E-state index in [0.717, 1.165) is 18.0 Å². The van der Waals surface area contributed by atoms with Crippen molar-refractivity contribution in [2.75, 3.05) is 0 Å². The number of aromatic nitrogens is 1. The fraction of sp³-hybridized carbons (Fsp3) is 0.222. The molecule has 0 amide bonds. The maximum absolute atomic E-state index is 6.51. The Balaban J connectivity index is 2.03. The quantitative estimate of drug-likeness (QED) is 0.638. The lowest BCUT2D eigenvalue weighted by atomic mass is 10.0. The highest BCUT2D eigenvalue weighted by Crippen LogP contribution is 2.30. The SMILES string of the molecule is CCc1ccc(Cc2c(Cl)n(C)c3ccccc23)cc1. The van der Waals surface area contributed by atoms with Crippen LogP contribution in [0.2, 0.25) is 5.15 Å². The van der Waals surface area contributed by atoms with E-state index >= 15 is 0 Å². The third kappa shape index (κ3) is 2.23. The lowest BCUT2D eigenvalue weighted by molar-refractivity contribution is 0.959. The van der Waals surface area contributed by atoms with Crippen molar-refractivity contribution in [2.45, 2.75) is 19.8 Å². The van der Waals surface area contributed by atoms with Crippen molar-refractivity contribution in [1.82, 2.24) is 4.57 Å². The second-order valence-electron chi connectivity index (χ2n) is 5.19. The highest BCUT2D eigenvalue weighted by atomic mass is 35.5. The Hall–Kier alpha value is -1.73. The third-order valence-electron chi connectivity index (χ3n) is 3.95. The van der Waals surface area contributed by atoms with Crippen LogP contribution in [-0.4, -0.2) is 4.57 Å². The number of para-hydroxylation sites is 1. The number of halogens is 1. The number of hydrogen-bond acceptors (Lipinski definition) is 0. The summed E-state index contributed by atoms with van der Waals surface area (Å²) in [6, 6.07) is 17.2. The molecular weight excluding hydrogens is 266 g/mol. The van der Waals surface area contributed by atoms with Crippen LogP contribution in [-0.2, 0) is 19.9 Å². The maximum Gasteiger partial charge on any atom is 0.113 e. The van der Waals surface area contributed by atoms with E-state index in [2.05, 4.69) is 60.0 Å². The molecule has 0 atom stereocenters. The Labute approximate surface area is 124 Å². The predicted molar refractivity (Wildman–Crippen MR) is 86.6 cm³/mol. The van der Waals surface area contributed by atoms with Crippen molar-refractivity contribution >= 4 is 22.5 Å². The van der Waals surface area contributed by atoms with Gasteiger partial charge in [-0.15, -0.1) is 0 Å². The number of benzene rings is 2. The van der Waals surface area contributed by atoms with E-state index in [-0.39, 0.29) is 0 Å². The monoisotopic (exact) mass is 283 g/mol. The van der Waals surface area contributed by atoms with E-state index in [9.17, 15) is 0 Å². The highest BCUT2D eigenvalue weighted by molar-refractivity contribution is 6.32. The van der Waals surface area contributed by atoms with Gasteiger partial charge in [0.1, 0.15) is 5.15 Å². The summed E-state index contributed by atoms with van der Waals surface area (Å²) in [7, 11) is 2.02. The van der Waals surface area contributed by atoms with Gasteiger partial charge in [0.05, 0.1) is 0 Å². The summed E-state index contributed by atoms with van der Waals surface area (Å²) < 4.78 is 2.06. The van der Waals surface area contributed by atoms with Gasteiger partial charge >= 0.3 is 0 Å². The van der Waals surface area contributed by atoms with E-state index in [1.54, 1.807) is 0 Å². The molecule has 0 aliphatic heterocycles. The molecule has 0 N–H and O–H groups in total. The van der Waals surface area contributed by atoms with E-state index in [4.69, 9.17) is 11.6 Å². The molecule has 102 valence electrons. The topological polar surface area (TPSA) is 4.93 Å². The zero-order chi connectivity index (χ0) is 14.1. The summed E-state index contributed by atoms with van der Waals surface area (Å²) in [5, 5.41) is 2.09. The molecule has 0 unspecified atom stereocenters. The molecule has 2 heteroatoms. The Bertz CT molecular complexity index is 738. The zero-order valence-electron chi connectivity index (χ0n) is 11.9. The average Bonchev–Trinajstić information content (AvgIpc) is 2.74. The van der Waals surface area contributed by atoms with Crippen molar-refractivity contribution in [3.05, 3.63) is 70.4 Å². The molecule has 0 spiro atoms. The smallest absolute Gasteiger partial charge is 0.113 e. The molecule has 0 aliphatic carbocycles. The molecule has 1 aromatic heterocycles. The third-order valence-corrected chi connectivity index (χ3v) is 4.43. The molecular formula is C18H18ClN. The zero-order valence-corrected chi connectivity index (χ0v) is 12.6. The van der Waals surface area contributed by atoms with Crippen molar-refractivity contribution in [3.63, 3.8) is 0 Å². The first kappa shape index (κ1) is 13.3. The van der Waals surface area contributed by atoms with Gasteiger partial charge in [-0.2, -0.15) is 0 Å². The van der Waals surface area contributed by atoms with Crippen LogP contribution in [0.15, 0.2) is 48.5 Å².